The molecule has 3 aromatic rings. The van der Waals surface area contributed by atoms with Crippen LogP contribution >= 0.6 is 11.8 Å². The van der Waals surface area contributed by atoms with E-state index in [0.717, 1.165) is 5.56 Å². The van der Waals surface area contributed by atoms with Crippen LogP contribution in [0.3, 0.4) is 0 Å². The number of rotatable bonds is 8. The smallest absolute Gasteiger partial charge is 0.337 e. The first-order chi connectivity index (χ1) is 18.4. The molecule has 194 valence electrons. The number of hydrogen-bond donors (Lipinski definition) is 1. The molecular weight excluding hydrogens is 502 g/mol. The predicted octanol–water partition coefficient (Wildman–Crippen LogP) is 5.42. The number of nitrogens with zero attached hydrogens (tertiary/aromatic N) is 2. The van der Waals surface area contributed by atoms with Gasteiger partial charge in [-0.05, 0) is 68.1 Å². The molecule has 0 unspecified atom stereocenters. The lowest BCUT2D eigenvalue weighted by Crippen LogP contribution is -2.28. The molecule has 0 saturated carbocycles. The molecule has 9 heteroatoms. The maximum atomic E-state index is 13.1. The van der Waals surface area contributed by atoms with Crippen LogP contribution < -0.4 is 10.1 Å². The summed E-state index contributed by atoms with van der Waals surface area (Å²) in [7, 11) is 1.32. The SMILES string of the molecule is CCN1C(=O)C(=Cc2ccccc2OCC(=O)Nc2ccc(C)cc2)SC1=Nc1cccc(C(=O)OC)c1. The quantitative estimate of drug-likeness (QED) is 0.309. The lowest BCUT2D eigenvalue weighted by molar-refractivity contribution is -0.122. The van der Waals surface area contributed by atoms with Crippen LogP contribution in [0.25, 0.3) is 6.08 Å². The Balaban J connectivity index is 1.51. The lowest BCUT2D eigenvalue weighted by Gasteiger charge is -2.12. The Morgan fingerprint density at radius 1 is 1.05 bits per heavy atom. The third kappa shape index (κ3) is 6.49. The minimum absolute atomic E-state index is 0.181. The first kappa shape index (κ1) is 26.7. The molecule has 8 nitrogen and oxygen atoms in total. The van der Waals surface area contributed by atoms with Gasteiger partial charge >= 0.3 is 5.97 Å². The van der Waals surface area contributed by atoms with E-state index in [1.54, 1.807) is 47.4 Å². The van der Waals surface area contributed by atoms with Crippen molar-refractivity contribution in [2.45, 2.75) is 13.8 Å². The van der Waals surface area contributed by atoms with Gasteiger partial charge < -0.3 is 14.8 Å². The van der Waals surface area contributed by atoms with Crippen molar-refractivity contribution in [1.82, 2.24) is 4.90 Å². The zero-order chi connectivity index (χ0) is 27.1. The molecule has 1 aliphatic heterocycles. The first-order valence-corrected chi connectivity index (χ1v) is 12.8. The molecule has 38 heavy (non-hydrogen) atoms. The van der Waals surface area contributed by atoms with Gasteiger partial charge in [0.2, 0.25) is 0 Å². The highest BCUT2D eigenvalue weighted by molar-refractivity contribution is 8.18. The van der Waals surface area contributed by atoms with Gasteiger partial charge in [0.15, 0.2) is 11.8 Å². The first-order valence-electron chi connectivity index (χ1n) is 11.9. The molecule has 1 heterocycles. The predicted molar refractivity (Wildman–Crippen MR) is 150 cm³/mol. The number of aliphatic imine (C=N–C) groups is 1. The number of amides is 2. The Bertz CT molecular complexity index is 1420. The number of benzene rings is 3. The third-order valence-electron chi connectivity index (χ3n) is 5.60. The number of carbonyl (C=O) groups is 3. The van der Waals surface area contributed by atoms with Crippen molar-refractivity contribution in [2.24, 2.45) is 4.99 Å². The molecule has 0 aliphatic carbocycles. The molecule has 1 aliphatic rings. The van der Waals surface area contributed by atoms with Crippen molar-refractivity contribution in [2.75, 3.05) is 25.6 Å². The minimum Gasteiger partial charge on any atom is -0.483 e. The highest BCUT2D eigenvalue weighted by atomic mass is 32.2. The van der Waals surface area contributed by atoms with Crippen molar-refractivity contribution in [3.05, 3.63) is 94.4 Å². The number of aryl methyl sites for hydroxylation is 1. The summed E-state index contributed by atoms with van der Waals surface area (Å²) in [4.78, 5) is 44.1. The summed E-state index contributed by atoms with van der Waals surface area (Å²) in [5.74, 6) is -0.457. The van der Waals surface area contributed by atoms with Gasteiger partial charge in [-0.1, -0.05) is 42.0 Å². The van der Waals surface area contributed by atoms with E-state index in [9.17, 15) is 14.4 Å². The van der Waals surface area contributed by atoms with Crippen LogP contribution in [-0.2, 0) is 14.3 Å². The van der Waals surface area contributed by atoms with Gasteiger partial charge in [-0.25, -0.2) is 9.79 Å². The zero-order valence-corrected chi connectivity index (χ0v) is 22.1. The number of anilines is 1. The van der Waals surface area contributed by atoms with Gasteiger partial charge in [-0.3, -0.25) is 14.5 Å². The molecule has 0 spiro atoms. The zero-order valence-electron chi connectivity index (χ0n) is 21.3. The summed E-state index contributed by atoms with van der Waals surface area (Å²) in [5, 5.41) is 3.31. The third-order valence-corrected chi connectivity index (χ3v) is 6.60. The number of ether oxygens (including phenoxy) is 2. The second-order valence-electron chi connectivity index (χ2n) is 8.34. The highest BCUT2D eigenvalue weighted by Gasteiger charge is 2.32. The second kappa shape index (κ2) is 12.2. The van der Waals surface area contributed by atoms with Crippen molar-refractivity contribution >= 4 is 52.2 Å². The van der Waals surface area contributed by atoms with E-state index in [-0.39, 0.29) is 18.4 Å². The van der Waals surface area contributed by atoms with Crippen LogP contribution in [0.15, 0.2) is 82.7 Å². The fourth-order valence-corrected chi connectivity index (χ4v) is 4.70. The number of esters is 1. The fourth-order valence-electron chi connectivity index (χ4n) is 3.65. The highest BCUT2D eigenvalue weighted by Crippen LogP contribution is 2.35. The molecule has 0 radical (unpaired) electrons. The Morgan fingerprint density at radius 3 is 2.55 bits per heavy atom. The van der Waals surface area contributed by atoms with Gasteiger partial charge in [-0.2, -0.15) is 0 Å². The van der Waals surface area contributed by atoms with E-state index in [0.29, 0.717) is 44.9 Å². The van der Waals surface area contributed by atoms with Gasteiger partial charge in [0.1, 0.15) is 5.75 Å². The van der Waals surface area contributed by atoms with Crippen LogP contribution in [0.1, 0.15) is 28.4 Å². The van der Waals surface area contributed by atoms with E-state index >= 15 is 0 Å². The maximum absolute atomic E-state index is 13.1. The number of amidine groups is 1. The lowest BCUT2D eigenvalue weighted by atomic mass is 10.2. The molecule has 0 aromatic heterocycles. The van der Waals surface area contributed by atoms with Crippen molar-refractivity contribution in [1.29, 1.82) is 0 Å². The van der Waals surface area contributed by atoms with Gasteiger partial charge in [0.05, 0.1) is 23.3 Å². The van der Waals surface area contributed by atoms with Crippen LogP contribution in [0.5, 0.6) is 5.75 Å². The largest absolute Gasteiger partial charge is 0.483 e. The molecule has 1 N–H and O–H groups in total. The summed E-state index contributed by atoms with van der Waals surface area (Å²) < 4.78 is 10.6. The monoisotopic (exact) mass is 529 g/mol. The summed E-state index contributed by atoms with van der Waals surface area (Å²) in [6.07, 6.45) is 1.73. The molecule has 1 fully saturated rings. The van der Waals surface area contributed by atoms with E-state index < -0.39 is 5.97 Å². The molecule has 1 saturated heterocycles. The minimum atomic E-state index is -0.459. The molecule has 0 atom stereocenters. The molecule has 2 amide bonds. The van der Waals surface area contributed by atoms with Crippen molar-refractivity contribution in [3.8, 4) is 5.75 Å². The Morgan fingerprint density at radius 2 is 1.82 bits per heavy atom. The number of para-hydroxylation sites is 1. The Labute approximate surface area is 225 Å². The summed E-state index contributed by atoms with van der Waals surface area (Å²) in [6.45, 7) is 4.09. The fraction of sp³-hybridized carbons (Fsp3) is 0.172. The second-order valence-corrected chi connectivity index (χ2v) is 9.35. The summed E-state index contributed by atoms with van der Waals surface area (Å²) in [6, 6.07) is 21.4. The standard InChI is InChI=1S/C29H27N3O5S/c1-4-32-27(34)25(38-29(32)31-23-10-7-9-21(16-23)28(35)36-3)17-20-8-5-6-11-24(20)37-18-26(33)30-22-14-12-19(2)13-15-22/h5-17H,4,18H2,1-3H3,(H,30,33). The molecule has 3 aromatic carbocycles. The summed E-state index contributed by atoms with van der Waals surface area (Å²) >= 11 is 1.23. The van der Waals surface area contributed by atoms with E-state index in [1.165, 1.54) is 18.9 Å². The molecule has 4 rings (SSSR count). The van der Waals surface area contributed by atoms with Gasteiger partial charge in [0.25, 0.3) is 11.8 Å². The molecular formula is C29H27N3O5S. The van der Waals surface area contributed by atoms with E-state index in [4.69, 9.17) is 9.47 Å². The average molecular weight is 530 g/mol. The van der Waals surface area contributed by atoms with E-state index in [1.807, 2.05) is 50.2 Å². The van der Waals surface area contributed by atoms with E-state index in [2.05, 4.69) is 10.3 Å². The number of thioether (sulfide) groups is 1. The van der Waals surface area contributed by atoms with Crippen molar-refractivity contribution in [3.63, 3.8) is 0 Å². The van der Waals surface area contributed by atoms with Gasteiger partial charge in [0, 0.05) is 17.8 Å². The Kier molecular flexibility index (Phi) is 8.60. The summed E-state index contributed by atoms with van der Waals surface area (Å²) in [5.41, 5.74) is 3.36. The van der Waals surface area contributed by atoms with Gasteiger partial charge in [-0.15, -0.1) is 0 Å². The van der Waals surface area contributed by atoms with Crippen LogP contribution in [-0.4, -0.2) is 48.1 Å². The van der Waals surface area contributed by atoms with Crippen LogP contribution in [0.2, 0.25) is 0 Å². The normalized spacial score (nSPS) is 15.1. The Hall–Kier alpha value is -4.37. The number of hydrogen-bond acceptors (Lipinski definition) is 7. The number of likely N-dealkylation sites (N-methyl/N-ethyl adjacent to an activating group) is 1. The van der Waals surface area contributed by atoms with Crippen molar-refractivity contribution < 1.29 is 23.9 Å². The average Bonchev–Trinajstić information content (AvgIpc) is 3.22. The number of carbonyl (C=O) groups excluding carboxylic acids is 3. The van der Waals surface area contributed by atoms with Crippen LogP contribution in [0, 0.1) is 6.92 Å². The maximum Gasteiger partial charge on any atom is 0.337 e. The number of nitrogens with one attached hydrogen (secondary N) is 1. The van der Waals surface area contributed by atoms with Crippen LogP contribution in [0.4, 0.5) is 11.4 Å². The molecule has 0 bridgehead atoms. The number of methoxy groups -OCH3 is 1. The topological polar surface area (TPSA) is 97.3 Å².